The predicted molar refractivity (Wildman–Crippen MR) is 100 cm³/mol. The fourth-order valence-electron chi connectivity index (χ4n) is 2.89. The number of ether oxygens (including phenoxy) is 1. The second kappa shape index (κ2) is 7.89. The van der Waals surface area contributed by atoms with Crippen molar-refractivity contribution in [2.45, 2.75) is 71.1 Å². The summed E-state index contributed by atoms with van der Waals surface area (Å²) >= 11 is 0. The van der Waals surface area contributed by atoms with Crippen LogP contribution < -0.4 is 15.5 Å². The molecule has 2 N–H and O–H groups in total. The number of nitrogens with one attached hydrogen (secondary N) is 2. The number of hydrogen-bond donors (Lipinski definition) is 2. The Bertz CT molecular complexity index is 590. The molecule has 25 heavy (non-hydrogen) atoms. The van der Waals surface area contributed by atoms with Crippen LogP contribution in [0.5, 0.6) is 0 Å². The molecule has 1 saturated carbocycles. The Morgan fingerprint density at radius 2 is 1.76 bits per heavy atom. The number of carbonyl (C=O) groups is 1. The van der Waals surface area contributed by atoms with E-state index in [1.807, 2.05) is 52.8 Å². The van der Waals surface area contributed by atoms with Crippen LogP contribution in [0, 0.1) is 6.92 Å². The standard InChI is InChI=1S/C18H31N5O2/c1-12-11-15(22-16(19-12)23(5)6)20-13-7-9-14(10-8-13)21-17(24)25-18(2,3)4/h11,13-14H,7-10H2,1-6H3,(H,21,24)(H,19,20,22). The molecule has 1 aromatic heterocycles. The number of carbonyl (C=O) groups excluding carboxylic acids is 1. The van der Waals surface area contributed by atoms with Gasteiger partial charge in [-0.05, 0) is 53.4 Å². The third kappa shape index (κ3) is 6.40. The van der Waals surface area contributed by atoms with Gasteiger partial charge < -0.3 is 20.3 Å². The molecular weight excluding hydrogens is 318 g/mol. The zero-order valence-electron chi connectivity index (χ0n) is 16.2. The van der Waals surface area contributed by atoms with Gasteiger partial charge in [0.2, 0.25) is 5.95 Å². The van der Waals surface area contributed by atoms with Gasteiger partial charge in [-0.25, -0.2) is 9.78 Å². The number of nitrogens with zero attached hydrogens (tertiary/aromatic N) is 3. The summed E-state index contributed by atoms with van der Waals surface area (Å²) in [6.45, 7) is 7.60. The van der Waals surface area contributed by atoms with E-state index in [1.165, 1.54) is 0 Å². The molecule has 0 saturated heterocycles. The lowest BCUT2D eigenvalue weighted by Crippen LogP contribution is -2.42. The molecular formula is C18H31N5O2. The van der Waals surface area contributed by atoms with E-state index in [0.717, 1.165) is 37.2 Å². The van der Waals surface area contributed by atoms with Gasteiger partial charge in [-0.1, -0.05) is 0 Å². The van der Waals surface area contributed by atoms with E-state index in [4.69, 9.17) is 4.74 Å². The van der Waals surface area contributed by atoms with Crippen LogP contribution >= 0.6 is 0 Å². The summed E-state index contributed by atoms with van der Waals surface area (Å²) in [6.07, 6.45) is 3.51. The first-order valence-electron chi connectivity index (χ1n) is 8.91. The minimum Gasteiger partial charge on any atom is -0.444 e. The van der Waals surface area contributed by atoms with Crippen LogP contribution in [-0.4, -0.2) is 47.8 Å². The van der Waals surface area contributed by atoms with Gasteiger partial charge in [0.05, 0.1) is 0 Å². The molecule has 0 radical (unpaired) electrons. The maximum absolute atomic E-state index is 11.9. The van der Waals surface area contributed by atoms with Crippen molar-refractivity contribution >= 4 is 17.9 Å². The van der Waals surface area contributed by atoms with E-state index >= 15 is 0 Å². The molecule has 0 aromatic carbocycles. The fourth-order valence-corrected chi connectivity index (χ4v) is 2.89. The Balaban J connectivity index is 1.84. The molecule has 1 aliphatic carbocycles. The van der Waals surface area contributed by atoms with Crippen LogP contribution in [-0.2, 0) is 4.74 Å². The molecule has 140 valence electrons. The summed E-state index contributed by atoms with van der Waals surface area (Å²) in [7, 11) is 3.87. The van der Waals surface area contributed by atoms with Crippen molar-refractivity contribution in [1.29, 1.82) is 0 Å². The van der Waals surface area contributed by atoms with Crippen LogP contribution in [0.3, 0.4) is 0 Å². The molecule has 1 aliphatic rings. The summed E-state index contributed by atoms with van der Waals surface area (Å²) in [5.74, 6) is 1.57. The highest BCUT2D eigenvalue weighted by atomic mass is 16.6. The molecule has 0 bridgehead atoms. The Hall–Kier alpha value is -2.05. The highest BCUT2D eigenvalue weighted by molar-refractivity contribution is 5.68. The van der Waals surface area contributed by atoms with Gasteiger partial charge in [-0.2, -0.15) is 4.98 Å². The minimum absolute atomic E-state index is 0.178. The second-order valence-electron chi connectivity index (χ2n) is 7.93. The topological polar surface area (TPSA) is 79.4 Å². The average Bonchev–Trinajstić information content (AvgIpc) is 2.46. The number of alkyl carbamates (subject to hydrolysis) is 1. The van der Waals surface area contributed by atoms with E-state index in [-0.39, 0.29) is 12.1 Å². The Labute approximate surface area is 150 Å². The van der Waals surface area contributed by atoms with Crippen molar-refractivity contribution < 1.29 is 9.53 Å². The maximum atomic E-state index is 11.9. The van der Waals surface area contributed by atoms with Crippen LogP contribution in [0.15, 0.2) is 6.07 Å². The first-order valence-corrected chi connectivity index (χ1v) is 8.91. The van der Waals surface area contributed by atoms with Crippen LogP contribution in [0.1, 0.15) is 52.1 Å². The SMILES string of the molecule is Cc1cc(NC2CCC(NC(=O)OC(C)(C)C)CC2)nc(N(C)C)n1. The molecule has 1 aromatic rings. The monoisotopic (exact) mass is 349 g/mol. The number of aromatic nitrogens is 2. The van der Waals surface area contributed by atoms with Crippen LogP contribution in [0.25, 0.3) is 0 Å². The summed E-state index contributed by atoms with van der Waals surface area (Å²) < 4.78 is 5.32. The van der Waals surface area contributed by atoms with E-state index in [9.17, 15) is 4.79 Å². The molecule has 0 spiro atoms. The van der Waals surface area contributed by atoms with E-state index in [2.05, 4.69) is 20.6 Å². The van der Waals surface area contributed by atoms with Crippen molar-refractivity contribution in [2.75, 3.05) is 24.3 Å². The first-order chi connectivity index (χ1) is 11.6. The quantitative estimate of drug-likeness (QED) is 0.869. The minimum atomic E-state index is -0.460. The molecule has 7 nitrogen and oxygen atoms in total. The third-order valence-electron chi connectivity index (χ3n) is 4.04. The number of rotatable bonds is 4. The molecule has 1 amide bonds. The molecule has 1 heterocycles. The average molecular weight is 349 g/mol. The number of hydrogen-bond acceptors (Lipinski definition) is 6. The molecule has 7 heteroatoms. The zero-order valence-corrected chi connectivity index (χ0v) is 16.2. The third-order valence-corrected chi connectivity index (χ3v) is 4.04. The highest BCUT2D eigenvalue weighted by Crippen LogP contribution is 2.23. The van der Waals surface area contributed by atoms with Crippen molar-refractivity contribution in [3.05, 3.63) is 11.8 Å². The van der Waals surface area contributed by atoms with E-state index < -0.39 is 5.60 Å². The largest absolute Gasteiger partial charge is 0.444 e. The predicted octanol–water partition coefficient (Wildman–Crippen LogP) is 3.10. The lowest BCUT2D eigenvalue weighted by Gasteiger charge is -2.31. The molecule has 0 aliphatic heterocycles. The van der Waals surface area contributed by atoms with Gasteiger partial charge in [-0.15, -0.1) is 0 Å². The number of amides is 1. The van der Waals surface area contributed by atoms with Crippen molar-refractivity contribution in [2.24, 2.45) is 0 Å². The normalized spacial score (nSPS) is 20.7. The van der Waals surface area contributed by atoms with Gasteiger partial charge >= 0.3 is 6.09 Å². The molecule has 1 fully saturated rings. The van der Waals surface area contributed by atoms with Crippen LogP contribution in [0.2, 0.25) is 0 Å². The molecule has 2 rings (SSSR count). The lowest BCUT2D eigenvalue weighted by atomic mass is 9.91. The summed E-state index contributed by atoms with van der Waals surface area (Å²) in [5.41, 5.74) is 0.485. The lowest BCUT2D eigenvalue weighted by molar-refractivity contribution is 0.0492. The van der Waals surface area contributed by atoms with Crippen molar-refractivity contribution in [3.8, 4) is 0 Å². The van der Waals surface area contributed by atoms with Crippen molar-refractivity contribution in [1.82, 2.24) is 15.3 Å². The Kier molecular flexibility index (Phi) is 6.08. The Morgan fingerprint density at radius 3 is 2.32 bits per heavy atom. The first kappa shape index (κ1) is 19.3. The zero-order chi connectivity index (χ0) is 18.6. The van der Waals surface area contributed by atoms with Crippen LogP contribution in [0.4, 0.5) is 16.6 Å². The van der Waals surface area contributed by atoms with Crippen molar-refractivity contribution in [3.63, 3.8) is 0 Å². The summed E-state index contributed by atoms with van der Waals surface area (Å²) in [6, 6.07) is 2.51. The second-order valence-corrected chi connectivity index (χ2v) is 7.93. The molecule has 0 atom stereocenters. The highest BCUT2D eigenvalue weighted by Gasteiger charge is 2.25. The maximum Gasteiger partial charge on any atom is 0.407 e. The van der Waals surface area contributed by atoms with E-state index in [0.29, 0.717) is 12.0 Å². The smallest absolute Gasteiger partial charge is 0.407 e. The van der Waals surface area contributed by atoms with Gasteiger partial charge in [0, 0.05) is 37.9 Å². The van der Waals surface area contributed by atoms with E-state index in [1.54, 1.807) is 0 Å². The van der Waals surface area contributed by atoms with Gasteiger partial charge in [0.25, 0.3) is 0 Å². The summed E-state index contributed by atoms with van der Waals surface area (Å²) in [5, 5.41) is 6.48. The summed E-state index contributed by atoms with van der Waals surface area (Å²) in [4.78, 5) is 22.7. The van der Waals surface area contributed by atoms with Gasteiger partial charge in [0.15, 0.2) is 0 Å². The van der Waals surface area contributed by atoms with Gasteiger partial charge in [0.1, 0.15) is 11.4 Å². The van der Waals surface area contributed by atoms with Gasteiger partial charge in [-0.3, -0.25) is 0 Å². The number of aryl methyl sites for hydroxylation is 1. The molecule has 0 unspecified atom stereocenters. The Morgan fingerprint density at radius 1 is 1.16 bits per heavy atom. The number of anilines is 2. The fraction of sp³-hybridized carbons (Fsp3) is 0.722.